The number of hydrogen-bond acceptors (Lipinski definition) is 5. The second-order valence-corrected chi connectivity index (χ2v) is 19.0. The maximum atomic E-state index is 14.5. The van der Waals surface area contributed by atoms with Crippen molar-refractivity contribution >= 4 is 23.7 Å². The zero-order valence-corrected chi connectivity index (χ0v) is 32.5. The normalized spacial score (nSPS) is 40.5. The second kappa shape index (κ2) is 13.3. The maximum Gasteiger partial charge on any atom is 0.312 e. The van der Waals surface area contributed by atoms with Crippen LogP contribution in [-0.4, -0.2) is 66.8 Å². The second-order valence-electron chi connectivity index (χ2n) is 19.0. The van der Waals surface area contributed by atoms with Gasteiger partial charge in [0.1, 0.15) is 12.4 Å². The van der Waals surface area contributed by atoms with Gasteiger partial charge in [0.25, 0.3) is 0 Å². The summed E-state index contributed by atoms with van der Waals surface area (Å²) in [5, 5.41) is 0. The van der Waals surface area contributed by atoms with Crippen molar-refractivity contribution in [1.82, 2.24) is 9.80 Å². The molecule has 6 fully saturated rings. The Bertz CT molecular complexity index is 1560. The lowest BCUT2D eigenvalue weighted by molar-refractivity contribution is -0.236. The molecular weight excluding hydrogens is 633 g/mol. The summed E-state index contributed by atoms with van der Waals surface area (Å²) >= 11 is 0. The van der Waals surface area contributed by atoms with Crippen LogP contribution in [0.3, 0.4) is 0 Å². The molecule has 1 heterocycles. The van der Waals surface area contributed by atoms with Crippen molar-refractivity contribution in [2.45, 2.75) is 106 Å². The number of allylic oxidation sites excluding steroid dienone is 1. The van der Waals surface area contributed by atoms with Gasteiger partial charge in [-0.2, -0.15) is 0 Å². The van der Waals surface area contributed by atoms with Gasteiger partial charge in [-0.25, -0.2) is 0 Å². The Balaban J connectivity index is 1.01. The Labute approximate surface area is 307 Å². The molecule has 278 valence electrons. The van der Waals surface area contributed by atoms with Crippen molar-refractivity contribution in [3.8, 4) is 0 Å². The van der Waals surface area contributed by atoms with Crippen LogP contribution in [0.4, 0.5) is 0 Å². The molecule has 0 N–H and O–H groups in total. The average molecular weight is 697 g/mol. The number of ketones is 1. The number of rotatable bonds is 7. The van der Waals surface area contributed by atoms with Gasteiger partial charge in [0.15, 0.2) is 0 Å². The molecule has 1 saturated heterocycles. The van der Waals surface area contributed by atoms with Gasteiger partial charge in [-0.1, -0.05) is 77.1 Å². The van der Waals surface area contributed by atoms with E-state index < -0.39 is 5.41 Å². The highest BCUT2D eigenvalue weighted by molar-refractivity contribution is 5.91. The molecule has 1 aromatic rings. The number of carbonyl (C=O) groups is 3. The molecule has 6 heteroatoms. The summed E-state index contributed by atoms with van der Waals surface area (Å²) in [4.78, 5) is 44.7. The van der Waals surface area contributed by atoms with Crippen LogP contribution >= 0.6 is 0 Å². The Kier molecular flexibility index (Phi) is 9.54. The lowest BCUT2D eigenvalue weighted by atomic mass is 9.32. The number of fused-ring (bicyclic) bond motifs is 7. The summed E-state index contributed by atoms with van der Waals surface area (Å²) in [6, 6.07) is 9.93. The molecule has 51 heavy (non-hydrogen) atoms. The number of ether oxygens (including phenoxy) is 1. The minimum Gasteiger partial charge on any atom is -0.464 e. The molecule has 0 aromatic heterocycles. The minimum atomic E-state index is -0.423. The molecule has 1 aromatic carbocycles. The summed E-state index contributed by atoms with van der Waals surface area (Å²) in [7, 11) is 0. The molecule has 0 unspecified atom stereocenters. The Morgan fingerprint density at radius 1 is 0.863 bits per heavy atom. The molecule has 5 aliphatic carbocycles. The van der Waals surface area contributed by atoms with Crippen molar-refractivity contribution in [3.05, 3.63) is 54.1 Å². The monoisotopic (exact) mass is 696 g/mol. The molecule has 0 radical (unpaired) electrons. The van der Waals surface area contributed by atoms with Crippen LogP contribution in [0.25, 0.3) is 6.08 Å². The number of benzene rings is 1. The van der Waals surface area contributed by atoms with Crippen molar-refractivity contribution < 1.29 is 19.1 Å². The summed E-state index contributed by atoms with van der Waals surface area (Å²) in [6.45, 7) is 23.0. The van der Waals surface area contributed by atoms with Gasteiger partial charge >= 0.3 is 5.97 Å². The van der Waals surface area contributed by atoms with E-state index in [9.17, 15) is 14.4 Å². The summed E-state index contributed by atoms with van der Waals surface area (Å²) in [6.07, 6.45) is 13.9. The lowest BCUT2D eigenvalue weighted by Crippen LogP contribution is -2.66. The molecule has 1 amide bonds. The number of hydrogen-bond donors (Lipinski definition) is 0. The smallest absolute Gasteiger partial charge is 0.312 e. The number of amides is 1. The van der Waals surface area contributed by atoms with E-state index in [2.05, 4.69) is 53.0 Å². The molecule has 6 nitrogen and oxygen atoms in total. The van der Waals surface area contributed by atoms with Crippen LogP contribution < -0.4 is 0 Å². The van der Waals surface area contributed by atoms with Gasteiger partial charge < -0.3 is 9.64 Å². The Morgan fingerprint density at radius 3 is 2.29 bits per heavy atom. The highest BCUT2D eigenvalue weighted by atomic mass is 16.5. The van der Waals surface area contributed by atoms with E-state index in [1.54, 1.807) is 6.08 Å². The fourth-order valence-electron chi connectivity index (χ4n) is 13.7. The zero-order chi connectivity index (χ0) is 36.4. The highest BCUT2D eigenvalue weighted by Crippen LogP contribution is 2.77. The van der Waals surface area contributed by atoms with Gasteiger partial charge in [0, 0.05) is 50.6 Å². The van der Waals surface area contributed by atoms with Gasteiger partial charge in [0.2, 0.25) is 5.91 Å². The summed E-state index contributed by atoms with van der Waals surface area (Å²) < 4.78 is 6.31. The van der Waals surface area contributed by atoms with E-state index in [4.69, 9.17) is 4.74 Å². The first-order valence-electron chi connectivity index (χ1n) is 20.3. The first kappa shape index (κ1) is 36.6. The number of carbonyl (C=O) groups excluding carboxylic acids is 3. The van der Waals surface area contributed by atoms with Crippen molar-refractivity contribution in [2.75, 3.05) is 39.3 Å². The van der Waals surface area contributed by atoms with Crippen LogP contribution in [0.2, 0.25) is 0 Å². The number of esters is 1. The number of nitrogens with zero attached hydrogens (tertiary/aromatic N) is 2. The number of piperazine rings is 1. The first-order valence-corrected chi connectivity index (χ1v) is 20.3. The summed E-state index contributed by atoms with van der Waals surface area (Å²) in [5.74, 6) is 2.74. The van der Waals surface area contributed by atoms with Crippen LogP contribution in [-0.2, 0) is 19.1 Å². The first-order chi connectivity index (χ1) is 24.2. The third-order valence-electron chi connectivity index (χ3n) is 16.8. The predicted octanol–water partition coefficient (Wildman–Crippen LogP) is 8.61. The lowest BCUT2D eigenvalue weighted by Gasteiger charge is -2.72. The third kappa shape index (κ3) is 5.80. The molecule has 6 aliphatic rings. The minimum absolute atomic E-state index is 0.0358. The maximum absolute atomic E-state index is 14.5. The van der Waals surface area contributed by atoms with Gasteiger partial charge in [-0.3, -0.25) is 19.3 Å². The van der Waals surface area contributed by atoms with Crippen molar-refractivity contribution in [3.63, 3.8) is 0 Å². The number of Topliss-reactive ketones (excluding diaryl/α,β-unsaturated/α-hetero) is 1. The molecular formula is C45H64N2O4. The molecule has 0 bridgehead atoms. The highest BCUT2D eigenvalue weighted by Gasteiger charge is 2.72. The van der Waals surface area contributed by atoms with E-state index in [-0.39, 0.29) is 39.5 Å². The molecule has 5 saturated carbocycles. The van der Waals surface area contributed by atoms with E-state index in [0.29, 0.717) is 55.7 Å². The van der Waals surface area contributed by atoms with Gasteiger partial charge in [0.05, 0.1) is 5.41 Å². The third-order valence-corrected chi connectivity index (χ3v) is 16.8. The summed E-state index contributed by atoms with van der Waals surface area (Å²) in [5.41, 5.74) is 2.13. The van der Waals surface area contributed by atoms with Crippen LogP contribution in [0.5, 0.6) is 0 Å². The average Bonchev–Trinajstić information content (AvgIpc) is 3.51. The van der Waals surface area contributed by atoms with Gasteiger partial charge in [-0.05, 0) is 122 Å². The van der Waals surface area contributed by atoms with E-state index in [1.165, 1.54) is 24.8 Å². The Morgan fingerprint density at radius 2 is 1.59 bits per heavy atom. The van der Waals surface area contributed by atoms with Crippen molar-refractivity contribution in [2.24, 2.45) is 56.7 Å². The van der Waals surface area contributed by atoms with Crippen LogP contribution in [0.1, 0.15) is 111 Å². The van der Waals surface area contributed by atoms with Gasteiger partial charge in [-0.15, -0.1) is 0 Å². The topological polar surface area (TPSA) is 66.9 Å². The molecule has 9 atom stereocenters. The quantitative estimate of drug-likeness (QED) is 0.162. The molecule has 1 aliphatic heterocycles. The van der Waals surface area contributed by atoms with Crippen LogP contribution in [0, 0.1) is 56.7 Å². The molecule has 7 rings (SSSR count). The van der Waals surface area contributed by atoms with E-state index in [1.807, 2.05) is 41.3 Å². The van der Waals surface area contributed by atoms with E-state index >= 15 is 0 Å². The SMILES string of the molecule is C=C(C)[C@@H]1CC[C@]2(C(=O)OCCN3CCN(C(=O)/C=C/c4ccccc4)CC3)CC[C@]3(C)[C@H](CC[C@@H]4[C@@]5(C)CCC(=O)C(C)(C)[C@@H]5CC[C@]43C)[C@@H]12. The predicted molar refractivity (Wildman–Crippen MR) is 203 cm³/mol. The standard InChI is InChI=1S/C45H64N2O4/c1-31(2)33-17-22-45(40(50)51-30-29-46-25-27-47(28-26-46)38(49)16-13-32-11-9-8-10-12-32)24-23-43(6)34(39(33)45)14-15-36-42(5)20-19-37(48)41(3,4)35(42)18-21-44(36,43)7/h8-13,16,33-36,39H,1,14-15,17-30H2,2-7H3/b16-13+/t33-,34+,35-,36+,39+,42-,43+,44+,45-/m0/s1. The largest absolute Gasteiger partial charge is 0.464 e. The van der Waals surface area contributed by atoms with E-state index in [0.717, 1.165) is 63.6 Å². The zero-order valence-electron chi connectivity index (χ0n) is 32.5. The van der Waals surface area contributed by atoms with Crippen molar-refractivity contribution in [1.29, 1.82) is 0 Å². The molecule has 0 spiro atoms. The fraction of sp³-hybridized carbons (Fsp3) is 0.711. The fourth-order valence-corrected chi connectivity index (χ4v) is 13.7. The van der Waals surface area contributed by atoms with Crippen LogP contribution in [0.15, 0.2) is 48.6 Å². The Hall–Kier alpha value is -2.73.